The largest absolute Gasteiger partial charge is 0.326 e. The van der Waals surface area contributed by atoms with Crippen molar-refractivity contribution in [3.63, 3.8) is 0 Å². The molecule has 0 fully saturated rings. The van der Waals surface area contributed by atoms with Gasteiger partial charge in [-0.05, 0) is 30.2 Å². The minimum Gasteiger partial charge on any atom is -0.326 e. The molecule has 1 aromatic heterocycles. The molecule has 0 radical (unpaired) electrons. The molecule has 0 aliphatic rings. The van der Waals surface area contributed by atoms with Crippen molar-refractivity contribution in [2.45, 2.75) is 12.8 Å². The van der Waals surface area contributed by atoms with E-state index in [4.69, 9.17) is 0 Å². The summed E-state index contributed by atoms with van der Waals surface area (Å²) in [6.07, 6.45) is 2.99. The monoisotopic (exact) mass is 265 g/mol. The van der Waals surface area contributed by atoms with E-state index in [1.165, 1.54) is 5.56 Å². The lowest BCUT2D eigenvalue weighted by Crippen LogP contribution is -2.12. The zero-order chi connectivity index (χ0) is 13.8. The number of aromatic amines is 1. The molecule has 3 aromatic rings. The molecule has 3 rings (SSSR count). The summed E-state index contributed by atoms with van der Waals surface area (Å²) in [5.41, 5.74) is 2.89. The predicted octanol–water partition coefficient (Wildman–Crippen LogP) is 3.13. The number of nitrogens with zero attached hydrogens (tertiary/aromatic N) is 1. The van der Waals surface area contributed by atoms with Gasteiger partial charge in [0.25, 0.3) is 0 Å². The Balaban J connectivity index is 1.61. The van der Waals surface area contributed by atoms with E-state index < -0.39 is 0 Å². The molecule has 0 saturated carbocycles. The Morgan fingerprint density at radius 1 is 1.15 bits per heavy atom. The first kappa shape index (κ1) is 12.4. The number of H-pyrrole nitrogens is 1. The molecule has 0 aliphatic carbocycles. The molecular formula is C16H15N3O. The maximum atomic E-state index is 11.9. The summed E-state index contributed by atoms with van der Waals surface area (Å²) in [6, 6.07) is 15.7. The van der Waals surface area contributed by atoms with Crippen molar-refractivity contribution in [1.82, 2.24) is 10.2 Å². The van der Waals surface area contributed by atoms with E-state index in [1.54, 1.807) is 6.20 Å². The number of fused-ring (bicyclic) bond motifs is 1. The second kappa shape index (κ2) is 5.57. The SMILES string of the molecule is O=C(CCc1ccccc1)Nc1ccc2cn[nH]c2c1. The lowest BCUT2D eigenvalue weighted by Gasteiger charge is -2.05. The number of benzene rings is 2. The van der Waals surface area contributed by atoms with Crippen LogP contribution in [0.1, 0.15) is 12.0 Å². The third-order valence-corrected chi connectivity index (χ3v) is 3.21. The van der Waals surface area contributed by atoms with Gasteiger partial charge in [0, 0.05) is 17.5 Å². The van der Waals surface area contributed by atoms with Gasteiger partial charge < -0.3 is 5.32 Å². The van der Waals surface area contributed by atoms with Gasteiger partial charge in [-0.1, -0.05) is 30.3 Å². The Labute approximate surface area is 116 Å². The van der Waals surface area contributed by atoms with Crippen molar-refractivity contribution in [1.29, 1.82) is 0 Å². The second-order valence-electron chi connectivity index (χ2n) is 4.71. The van der Waals surface area contributed by atoms with Crippen LogP contribution in [-0.2, 0) is 11.2 Å². The molecule has 4 heteroatoms. The smallest absolute Gasteiger partial charge is 0.224 e. The number of aryl methyl sites for hydroxylation is 1. The van der Waals surface area contributed by atoms with Gasteiger partial charge >= 0.3 is 0 Å². The Morgan fingerprint density at radius 2 is 2.00 bits per heavy atom. The third kappa shape index (κ3) is 2.85. The number of rotatable bonds is 4. The number of hydrogen-bond acceptors (Lipinski definition) is 2. The highest BCUT2D eigenvalue weighted by molar-refractivity contribution is 5.93. The second-order valence-corrected chi connectivity index (χ2v) is 4.71. The quantitative estimate of drug-likeness (QED) is 0.761. The molecule has 2 N–H and O–H groups in total. The number of nitrogens with one attached hydrogen (secondary N) is 2. The van der Waals surface area contributed by atoms with Crippen LogP contribution in [0.4, 0.5) is 5.69 Å². The first-order valence-electron chi connectivity index (χ1n) is 6.58. The van der Waals surface area contributed by atoms with Crippen molar-refractivity contribution < 1.29 is 4.79 Å². The molecular weight excluding hydrogens is 250 g/mol. The van der Waals surface area contributed by atoms with Crippen LogP contribution in [0.3, 0.4) is 0 Å². The first-order valence-corrected chi connectivity index (χ1v) is 6.58. The summed E-state index contributed by atoms with van der Waals surface area (Å²) in [6.45, 7) is 0. The van der Waals surface area contributed by atoms with Crippen LogP contribution in [0.15, 0.2) is 54.7 Å². The van der Waals surface area contributed by atoms with Crippen LogP contribution in [0.5, 0.6) is 0 Å². The molecule has 0 aliphatic heterocycles. The maximum Gasteiger partial charge on any atom is 0.224 e. The molecule has 4 nitrogen and oxygen atoms in total. The Bertz CT molecular complexity index is 719. The van der Waals surface area contributed by atoms with Crippen LogP contribution in [0.25, 0.3) is 10.9 Å². The Morgan fingerprint density at radius 3 is 2.85 bits per heavy atom. The maximum absolute atomic E-state index is 11.9. The minimum atomic E-state index is 0.0210. The molecule has 0 bridgehead atoms. The molecule has 0 atom stereocenters. The highest BCUT2D eigenvalue weighted by atomic mass is 16.1. The third-order valence-electron chi connectivity index (χ3n) is 3.21. The predicted molar refractivity (Wildman–Crippen MR) is 79.5 cm³/mol. The van der Waals surface area contributed by atoms with Gasteiger partial charge in [-0.3, -0.25) is 9.89 Å². The summed E-state index contributed by atoms with van der Waals surface area (Å²) in [5.74, 6) is 0.0210. The minimum absolute atomic E-state index is 0.0210. The highest BCUT2D eigenvalue weighted by Crippen LogP contribution is 2.16. The van der Waals surface area contributed by atoms with Gasteiger partial charge in [0.1, 0.15) is 0 Å². The van der Waals surface area contributed by atoms with Gasteiger partial charge in [0.2, 0.25) is 5.91 Å². The van der Waals surface area contributed by atoms with E-state index in [9.17, 15) is 4.79 Å². The molecule has 1 heterocycles. The van der Waals surface area contributed by atoms with Crippen LogP contribution in [-0.4, -0.2) is 16.1 Å². The van der Waals surface area contributed by atoms with Gasteiger partial charge in [-0.25, -0.2) is 0 Å². The number of carbonyl (C=O) groups excluding carboxylic acids is 1. The fourth-order valence-electron chi connectivity index (χ4n) is 2.14. The van der Waals surface area contributed by atoms with Crippen molar-refractivity contribution in [3.05, 3.63) is 60.3 Å². The van der Waals surface area contributed by atoms with Crippen LogP contribution >= 0.6 is 0 Å². The first-order chi connectivity index (χ1) is 9.81. The molecule has 2 aromatic carbocycles. The normalized spacial score (nSPS) is 10.6. The fourth-order valence-corrected chi connectivity index (χ4v) is 2.14. The standard InChI is InChI=1S/C16H15N3O/c20-16(9-6-12-4-2-1-3-5-12)18-14-8-7-13-11-17-19-15(13)10-14/h1-5,7-8,10-11H,6,9H2,(H,17,19)(H,18,20). The number of carbonyl (C=O) groups is 1. The van der Waals surface area contributed by atoms with Crippen LogP contribution in [0.2, 0.25) is 0 Å². The highest BCUT2D eigenvalue weighted by Gasteiger charge is 2.04. The Hall–Kier alpha value is -2.62. The fraction of sp³-hybridized carbons (Fsp3) is 0.125. The van der Waals surface area contributed by atoms with E-state index in [1.807, 2.05) is 48.5 Å². The van der Waals surface area contributed by atoms with Crippen LogP contribution < -0.4 is 5.32 Å². The van der Waals surface area contributed by atoms with Crippen LogP contribution in [0, 0.1) is 0 Å². The molecule has 20 heavy (non-hydrogen) atoms. The molecule has 1 amide bonds. The van der Waals surface area contributed by atoms with E-state index in [0.29, 0.717) is 6.42 Å². The summed E-state index contributed by atoms with van der Waals surface area (Å²) in [7, 11) is 0. The topological polar surface area (TPSA) is 57.8 Å². The van der Waals surface area contributed by atoms with Gasteiger partial charge in [0.15, 0.2) is 0 Å². The van der Waals surface area contributed by atoms with Crippen molar-refractivity contribution in [3.8, 4) is 0 Å². The van der Waals surface area contributed by atoms with E-state index in [0.717, 1.165) is 23.0 Å². The zero-order valence-electron chi connectivity index (χ0n) is 11.0. The molecule has 0 spiro atoms. The summed E-state index contributed by atoms with van der Waals surface area (Å²) >= 11 is 0. The van der Waals surface area contributed by atoms with Gasteiger partial charge in [-0.15, -0.1) is 0 Å². The Kier molecular flexibility index (Phi) is 3.46. The molecule has 0 unspecified atom stereocenters. The van der Waals surface area contributed by atoms with Gasteiger partial charge in [-0.2, -0.15) is 5.10 Å². The van der Waals surface area contributed by atoms with E-state index in [-0.39, 0.29) is 5.91 Å². The van der Waals surface area contributed by atoms with Crippen molar-refractivity contribution in [2.24, 2.45) is 0 Å². The number of amides is 1. The lowest BCUT2D eigenvalue weighted by molar-refractivity contribution is -0.116. The number of hydrogen-bond donors (Lipinski definition) is 2. The zero-order valence-corrected chi connectivity index (χ0v) is 11.0. The molecule has 100 valence electrons. The van der Waals surface area contributed by atoms with E-state index in [2.05, 4.69) is 15.5 Å². The van der Waals surface area contributed by atoms with E-state index >= 15 is 0 Å². The summed E-state index contributed by atoms with van der Waals surface area (Å²) in [4.78, 5) is 11.9. The van der Waals surface area contributed by atoms with Crippen molar-refractivity contribution in [2.75, 3.05) is 5.32 Å². The summed E-state index contributed by atoms with van der Waals surface area (Å²) in [5, 5.41) is 10.8. The summed E-state index contributed by atoms with van der Waals surface area (Å²) < 4.78 is 0. The average Bonchev–Trinajstić information content (AvgIpc) is 2.94. The van der Waals surface area contributed by atoms with Gasteiger partial charge in [0.05, 0.1) is 11.7 Å². The number of aromatic nitrogens is 2. The van der Waals surface area contributed by atoms with Crippen molar-refractivity contribution >= 4 is 22.5 Å². The lowest BCUT2D eigenvalue weighted by atomic mass is 10.1. The number of anilines is 1. The average molecular weight is 265 g/mol. The molecule has 0 saturated heterocycles.